The molecular formula is C12H25N3O8. The molecule has 10 N–H and O–H groups in total. The van der Waals surface area contributed by atoms with Gasteiger partial charge >= 0.3 is 17.9 Å². The molecule has 0 bridgehead atoms. The second-order valence-corrected chi connectivity index (χ2v) is 4.72. The van der Waals surface area contributed by atoms with Crippen molar-refractivity contribution >= 4 is 17.9 Å². The predicted octanol–water partition coefficient (Wildman–Crippen LogP) is -3.01. The Balaban J connectivity index is 0. The van der Waals surface area contributed by atoms with E-state index in [1.54, 1.807) is 0 Å². The zero-order chi connectivity index (χ0) is 18.6. The molecule has 0 aromatic heterocycles. The Morgan fingerprint density at radius 2 is 1.70 bits per heavy atom. The van der Waals surface area contributed by atoms with Crippen LogP contribution in [0.15, 0.2) is 0 Å². The van der Waals surface area contributed by atoms with Gasteiger partial charge in [-0.2, -0.15) is 0 Å². The molecular weight excluding hydrogens is 314 g/mol. The van der Waals surface area contributed by atoms with Crippen molar-refractivity contribution in [2.45, 2.75) is 44.0 Å². The Kier molecular flexibility index (Phi) is 13.0. The molecule has 4 atom stereocenters. The van der Waals surface area contributed by atoms with Gasteiger partial charge in [0.15, 0.2) is 0 Å². The van der Waals surface area contributed by atoms with Crippen molar-refractivity contribution in [1.82, 2.24) is 5.32 Å². The maximum Gasteiger partial charge on any atom is 0.323 e. The summed E-state index contributed by atoms with van der Waals surface area (Å²) in [5, 5.41) is 43.7. The first kappa shape index (κ1) is 23.5. The number of nitrogens with one attached hydrogen (secondary N) is 1. The molecule has 136 valence electrons. The highest BCUT2D eigenvalue weighted by Crippen LogP contribution is 2.03. The van der Waals surface area contributed by atoms with Crippen LogP contribution in [0, 0.1) is 0 Å². The van der Waals surface area contributed by atoms with Gasteiger partial charge in [-0.05, 0) is 26.3 Å². The molecule has 1 aliphatic rings. The number of hydrogen-bond acceptors (Lipinski definition) is 8. The van der Waals surface area contributed by atoms with Gasteiger partial charge in [0.05, 0.1) is 12.7 Å². The third-order valence-electron chi connectivity index (χ3n) is 2.68. The molecule has 0 aromatic carbocycles. The number of rotatable bonds is 5. The Bertz CT molecular complexity index is 359. The standard InChI is InChI=1S/C5H9NO2.C4H9NO3.C3H7NO3/c7-5(8)4-2-1-3-6-4;1-2(6)3(5)4(7)8;4-2(1-5)3(6)7/h4,6H,1-3H2,(H,7,8);2-3,6H,5H2,1H3,(H,7,8);2,5H,1,4H2,(H,6,7)/t4-;2-,3+;2-/m010/s1. The third kappa shape index (κ3) is 12.4. The quantitative estimate of drug-likeness (QED) is 0.252. The van der Waals surface area contributed by atoms with Crippen LogP contribution in [0.1, 0.15) is 19.8 Å². The largest absolute Gasteiger partial charge is 0.480 e. The second-order valence-electron chi connectivity index (χ2n) is 4.72. The molecule has 1 rings (SSSR count). The summed E-state index contributed by atoms with van der Waals surface area (Å²) < 4.78 is 0. The normalized spacial score (nSPS) is 20.0. The topological polar surface area (TPSA) is 216 Å². The van der Waals surface area contributed by atoms with Gasteiger partial charge in [-0.25, -0.2) is 0 Å². The van der Waals surface area contributed by atoms with Crippen LogP contribution in [-0.4, -0.2) is 80.8 Å². The van der Waals surface area contributed by atoms with E-state index >= 15 is 0 Å². The van der Waals surface area contributed by atoms with Crippen molar-refractivity contribution in [1.29, 1.82) is 0 Å². The van der Waals surface area contributed by atoms with Crippen LogP contribution in [-0.2, 0) is 14.4 Å². The van der Waals surface area contributed by atoms with Crippen molar-refractivity contribution in [2.24, 2.45) is 11.5 Å². The van der Waals surface area contributed by atoms with Crippen LogP contribution < -0.4 is 16.8 Å². The molecule has 0 spiro atoms. The summed E-state index contributed by atoms with van der Waals surface area (Å²) in [6.45, 7) is 1.69. The first-order valence-corrected chi connectivity index (χ1v) is 6.76. The smallest absolute Gasteiger partial charge is 0.323 e. The lowest BCUT2D eigenvalue weighted by atomic mass is 10.2. The third-order valence-corrected chi connectivity index (χ3v) is 2.68. The number of nitrogens with two attached hydrogens (primary N) is 2. The number of carboxylic acids is 3. The molecule has 1 aliphatic heterocycles. The molecule has 0 aromatic rings. The fraction of sp³-hybridized carbons (Fsp3) is 0.750. The summed E-state index contributed by atoms with van der Waals surface area (Å²) in [7, 11) is 0. The van der Waals surface area contributed by atoms with Crippen LogP contribution in [0.5, 0.6) is 0 Å². The Hall–Kier alpha value is -1.79. The molecule has 0 amide bonds. The SMILES string of the molecule is C[C@@H](O)[C@H](N)C(=O)O.N[C@@H](CO)C(=O)O.O=C(O)[C@@H]1CCCN1. The van der Waals surface area contributed by atoms with Gasteiger partial charge < -0.3 is 42.3 Å². The summed E-state index contributed by atoms with van der Waals surface area (Å²) in [5.74, 6) is -3.08. The molecule has 0 unspecified atom stereocenters. The van der Waals surface area contributed by atoms with Crippen LogP contribution in [0.3, 0.4) is 0 Å². The van der Waals surface area contributed by atoms with E-state index in [9.17, 15) is 14.4 Å². The van der Waals surface area contributed by atoms with Gasteiger partial charge in [0.25, 0.3) is 0 Å². The minimum atomic E-state index is -1.18. The number of hydrogen-bond donors (Lipinski definition) is 8. The first-order valence-electron chi connectivity index (χ1n) is 6.76. The molecule has 1 heterocycles. The van der Waals surface area contributed by atoms with Crippen molar-refractivity contribution in [3.63, 3.8) is 0 Å². The van der Waals surface area contributed by atoms with E-state index in [1.807, 2.05) is 0 Å². The average Bonchev–Trinajstić information content (AvgIpc) is 3.01. The predicted molar refractivity (Wildman–Crippen MR) is 78.6 cm³/mol. The monoisotopic (exact) mass is 339 g/mol. The fourth-order valence-corrected chi connectivity index (χ4v) is 1.18. The molecule has 11 heteroatoms. The number of carbonyl (C=O) groups is 3. The van der Waals surface area contributed by atoms with Crippen molar-refractivity contribution in [2.75, 3.05) is 13.2 Å². The minimum Gasteiger partial charge on any atom is -0.480 e. The van der Waals surface area contributed by atoms with Crippen molar-refractivity contribution < 1.29 is 39.9 Å². The van der Waals surface area contributed by atoms with E-state index in [-0.39, 0.29) is 6.04 Å². The molecule has 1 saturated heterocycles. The number of aliphatic carboxylic acids is 3. The number of aliphatic hydroxyl groups is 2. The van der Waals surface area contributed by atoms with Gasteiger partial charge in [-0.15, -0.1) is 0 Å². The van der Waals surface area contributed by atoms with Gasteiger partial charge in [0.2, 0.25) is 0 Å². The van der Waals surface area contributed by atoms with E-state index in [0.29, 0.717) is 0 Å². The van der Waals surface area contributed by atoms with Crippen LogP contribution >= 0.6 is 0 Å². The Labute approximate surface area is 132 Å². The van der Waals surface area contributed by atoms with Gasteiger partial charge in [-0.1, -0.05) is 0 Å². The van der Waals surface area contributed by atoms with Crippen molar-refractivity contribution in [3.05, 3.63) is 0 Å². The second kappa shape index (κ2) is 12.7. The van der Waals surface area contributed by atoms with E-state index in [1.165, 1.54) is 6.92 Å². The molecule has 0 saturated carbocycles. The zero-order valence-corrected chi connectivity index (χ0v) is 12.8. The maximum atomic E-state index is 10.1. The molecule has 23 heavy (non-hydrogen) atoms. The van der Waals surface area contributed by atoms with E-state index in [2.05, 4.69) is 5.32 Å². The van der Waals surface area contributed by atoms with Gasteiger partial charge in [-0.3, -0.25) is 14.4 Å². The Morgan fingerprint density at radius 3 is 1.78 bits per heavy atom. The van der Waals surface area contributed by atoms with Crippen LogP contribution in [0.2, 0.25) is 0 Å². The molecule has 0 aliphatic carbocycles. The summed E-state index contributed by atoms with van der Waals surface area (Å²) in [6, 6.07) is -2.55. The van der Waals surface area contributed by atoms with E-state index < -0.39 is 42.7 Å². The van der Waals surface area contributed by atoms with Crippen molar-refractivity contribution in [3.8, 4) is 0 Å². The first-order chi connectivity index (χ1) is 10.5. The highest BCUT2D eigenvalue weighted by molar-refractivity contribution is 5.74. The summed E-state index contributed by atoms with van der Waals surface area (Å²) in [4.78, 5) is 29.6. The van der Waals surface area contributed by atoms with Crippen LogP contribution in [0.4, 0.5) is 0 Å². The highest BCUT2D eigenvalue weighted by Gasteiger charge is 2.20. The maximum absolute atomic E-state index is 10.1. The van der Waals surface area contributed by atoms with Gasteiger partial charge in [0.1, 0.15) is 18.1 Å². The summed E-state index contributed by atoms with van der Waals surface area (Å²) in [6.07, 6.45) is 0.805. The van der Waals surface area contributed by atoms with E-state index in [4.69, 9.17) is 37.0 Å². The fourth-order valence-electron chi connectivity index (χ4n) is 1.18. The summed E-state index contributed by atoms with van der Waals surface area (Å²) in [5.41, 5.74) is 9.68. The minimum absolute atomic E-state index is 0.269. The Morgan fingerprint density at radius 1 is 1.17 bits per heavy atom. The highest BCUT2D eigenvalue weighted by atomic mass is 16.4. The van der Waals surface area contributed by atoms with Gasteiger partial charge in [0, 0.05) is 0 Å². The zero-order valence-electron chi connectivity index (χ0n) is 12.8. The van der Waals surface area contributed by atoms with E-state index in [0.717, 1.165) is 19.4 Å². The summed E-state index contributed by atoms with van der Waals surface area (Å²) >= 11 is 0. The average molecular weight is 339 g/mol. The molecule has 0 radical (unpaired) electrons. The molecule has 11 nitrogen and oxygen atoms in total. The lowest BCUT2D eigenvalue weighted by molar-refractivity contribution is -0.141. The lowest BCUT2D eigenvalue weighted by Gasteiger charge is -2.06. The van der Waals surface area contributed by atoms with Crippen LogP contribution in [0.25, 0.3) is 0 Å². The number of carboxylic acid groups (broad SMARTS) is 3. The number of aliphatic hydroxyl groups excluding tert-OH is 2. The molecule has 1 fully saturated rings. The lowest BCUT2D eigenvalue weighted by Crippen LogP contribution is -2.39.